The Morgan fingerprint density at radius 3 is 2.62 bits per heavy atom. The molecule has 24 heavy (non-hydrogen) atoms. The van der Waals surface area contributed by atoms with Gasteiger partial charge in [-0.3, -0.25) is 0 Å². The Labute approximate surface area is 138 Å². The lowest BCUT2D eigenvalue weighted by Crippen LogP contribution is -1.98. The molecule has 4 rings (SSSR count). The number of halogens is 1. The van der Waals surface area contributed by atoms with Crippen LogP contribution in [0.15, 0.2) is 72.8 Å². The molecule has 0 fully saturated rings. The van der Waals surface area contributed by atoms with Crippen molar-refractivity contribution >= 4 is 11.0 Å². The van der Waals surface area contributed by atoms with Crippen LogP contribution in [0.5, 0.6) is 5.75 Å². The molecule has 4 aromatic rings. The third-order valence-corrected chi connectivity index (χ3v) is 3.85. The number of nitrogens with one attached hydrogen (secondary N) is 1. The van der Waals surface area contributed by atoms with Crippen LogP contribution in [0.1, 0.15) is 5.56 Å². The van der Waals surface area contributed by atoms with Gasteiger partial charge in [0.05, 0.1) is 11.0 Å². The number of hydrogen-bond acceptors (Lipinski definition) is 2. The summed E-state index contributed by atoms with van der Waals surface area (Å²) in [7, 11) is 0. The SMILES string of the molecule is Fc1ccccc1COc1cccc(-c2nc3ccccc3[nH]2)c1. The zero-order valence-corrected chi connectivity index (χ0v) is 12.9. The highest BCUT2D eigenvalue weighted by Crippen LogP contribution is 2.24. The maximum atomic E-state index is 13.7. The second-order valence-electron chi connectivity index (χ2n) is 5.51. The highest BCUT2D eigenvalue weighted by molar-refractivity contribution is 5.79. The van der Waals surface area contributed by atoms with Crippen molar-refractivity contribution in [2.24, 2.45) is 0 Å². The van der Waals surface area contributed by atoms with Gasteiger partial charge in [0.15, 0.2) is 0 Å². The number of aromatic amines is 1. The standard InChI is InChI=1S/C20H15FN2O/c21-17-9-2-1-6-15(17)13-24-16-8-5-7-14(12-16)20-22-18-10-3-4-11-19(18)23-20/h1-12H,13H2,(H,22,23). The molecule has 0 bridgehead atoms. The second-order valence-corrected chi connectivity index (χ2v) is 5.51. The van der Waals surface area contributed by atoms with Crippen LogP contribution in [0.2, 0.25) is 0 Å². The normalized spacial score (nSPS) is 10.9. The van der Waals surface area contributed by atoms with E-state index in [1.54, 1.807) is 18.2 Å². The quantitative estimate of drug-likeness (QED) is 0.578. The fourth-order valence-electron chi connectivity index (χ4n) is 2.60. The van der Waals surface area contributed by atoms with Crippen molar-refractivity contribution < 1.29 is 9.13 Å². The van der Waals surface area contributed by atoms with E-state index in [4.69, 9.17) is 4.74 Å². The summed E-state index contributed by atoms with van der Waals surface area (Å²) in [6.07, 6.45) is 0. The van der Waals surface area contributed by atoms with Crippen LogP contribution in [-0.2, 0) is 6.61 Å². The van der Waals surface area contributed by atoms with Crippen molar-refractivity contribution in [3.8, 4) is 17.1 Å². The minimum atomic E-state index is -0.258. The summed E-state index contributed by atoms with van der Waals surface area (Å²) in [6.45, 7) is 0.191. The molecule has 1 aromatic heterocycles. The molecule has 0 saturated heterocycles. The van der Waals surface area contributed by atoms with E-state index in [1.165, 1.54) is 6.07 Å². The Morgan fingerprint density at radius 1 is 0.917 bits per heavy atom. The number of ether oxygens (including phenoxy) is 1. The van der Waals surface area contributed by atoms with Crippen LogP contribution in [0.4, 0.5) is 4.39 Å². The number of benzene rings is 3. The largest absolute Gasteiger partial charge is 0.489 e. The summed E-state index contributed by atoms with van der Waals surface area (Å²) in [5.74, 6) is 1.20. The average Bonchev–Trinajstić information content (AvgIpc) is 3.06. The molecule has 0 atom stereocenters. The first kappa shape index (κ1) is 14.5. The van der Waals surface area contributed by atoms with Gasteiger partial charge in [0.2, 0.25) is 0 Å². The zero-order valence-electron chi connectivity index (χ0n) is 12.9. The molecule has 3 aromatic carbocycles. The first-order valence-electron chi connectivity index (χ1n) is 7.71. The van der Waals surface area contributed by atoms with Crippen LogP contribution in [0, 0.1) is 5.82 Å². The number of nitrogens with zero attached hydrogens (tertiary/aromatic N) is 1. The third kappa shape index (κ3) is 2.86. The second kappa shape index (κ2) is 6.16. The smallest absolute Gasteiger partial charge is 0.138 e. The molecule has 0 aliphatic heterocycles. The van der Waals surface area contributed by atoms with Crippen molar-refractivity contribution in [1.29, 1.82) is 0 Å². The molecular weight excluding hydrogens is 303 g/mol. The molecular formula is C20H15FN2O. The van der Waals surface area contributed by atoms with E-state index in [-0.39, 0.29) is 12.4 Å². The van der Waals surface area contributed by atoms with Gasteiger partial charge in [0.1, 0.15) is 24.0 Å². The Balaban J connectivity index is 1.58. The van der Waals surface area contributed by atoms with Crippen molar-refractivity contribution in [2.45, 2.75) is 6.61 Å². The van der Waals surface area contributed by atoms with Gasteiger partial charge in [0, 0.05) is 11.1 Å². The summed E-state index contributed by atoms with van der Waals surface area (Å²) in [6, 6.07) is 22.1. The van der Waals surface area contributed by atoms with E-state index in [0.717, 1.165) is 22.4 Å². The maximum Gasteiger partial charge on any atom is 0.138 e. The van der Waals surface area contributed by atoms with E-state index in [0.29, 0.717) is 11.3 Å². The lowest BCUT2D eigenvalue weighted by molar-refractivity contribution is 0.300. The third-order valence-electron chi connectivity index (χ3n) is 3.85. The molecule has 1 heterocycles. The van der Waals surface area contributed by atoms with E-state index in [9.17, 15) is 4.39 Å². The summed E-state index contributed by atoms with van der Waals surface area (Å²) in [5.41, 5.74) is 3.37. The van der Waals surface area contributed by atoms with E-state index < -0.39 is 0 Å². The van der Waals surface area contributed by atoms with Crippen LogP contribution >= 0.6 is 0 Å². The van der Waals surface area contributed by atoms with Crippen molar-refractivity contribution in [3.05, 3.63) is 84.2 Å². The Bertz CT molecular complexity index is 961. The Hall–Kier alpha value is -3.14. The van der Waals surface area contributed by atoms with Gasteiger partial charge in [-0.05, 0) is 30.3 Å². The van der Waals surface area contributed by atoms with Gasteiger partial charge in [-0.1, -0.05) is 42.5 Å². The molecule has 0 amide bonds. The summed E-state index contributed by atoms with van der Waals surface area (Å²) >= 11 is 0. The Morgan fingerprint density at radius 2 is 1.75 bits per heavy atom. The number of hydrogen-bond donors (Lipinski definition) is 1. The van der Waals surface area contributed by atoms with Crippen LogP contribution in [0.25, 0.3) is 22.4 Å². The number of fused-ring (bicyclic) bond motifs is 1. The van der Waals surface area contributed by atoms with Gasteiger partial charge in [-0.15, -0.1) is 0 Å². The summed E-state index contributed by atoms with van der Waals surface area (Å²) in [5, 5.41) is 0. The zero-order chi connectivity index (χ0) is 16.4. The van der Waals surface area contributed by atoms with E-state index in [1.807, 2.05) is 48.5 Å². The summed E-state index contributed by atoms with van der Waals surface area (Å²) < 4.78 is 19.4. The molecule has 0 unspecified atom stereocenters. The molecule has 0 aliphatic rings. The highest BCUT2D eigenvalue weighted by atomic mass is 19.1. The number of H-pyrrole nitrogens is 1. The molecule has 0 spiro atoms. The maximum absolute atomic E-state index is 13.7. The monoisotopic (exact) mass is 318 g/mol. The number of para-hydroxylation sites is 2. The van der Waals surface area contributed by atoms with Crippen LogP contribution in [-0.4, -0.2) is 9.97 Å². The lowest BCUT2D eigenvalue weighted by Gasteiger charge is -2.08. The summed E-state index contributed by atoms with van der Waals surface area (Å²) in [4.78, 5) is 7.88. The first-order valence-corrected chi connectivity index (χ1v) is 7.71. The van der Waals surface area contributed by atoms with Crippen molar-refractivity contribution in [3.63, 3.8) is 0 Å². The van der Waals surface area contributed by atoms with Gasteiger partial charge < -0.3 is 9.72 Å². The fourth-order valence-corrected chi connectivity index (χ4v) is 2.60. The molecule has 118 valence electrons. The van der Waals surface area contributed by atoms with E-state index >= 15 is 0 Å². The van der Waals surface area contributed by atoms with Gasteiger partial charge in [0.25, 0.3) is 0 Å². The number of rotatable bonds is 4. The number of imidazole rings is 1. The molecule has 0 aliphatic carbocycles. The first-order chi connectivity index (χ1) is 11.8. The van der Waals surface area contributed by atoms with Gasteiger partial charge in [-0.25, -0.2) is 9.37 Å². The Kier molecular flexibility index (Phi) is 3.71. The topological polar surface area (TPSA) is 37.9 Å². The van der Waals surface area contributed by atoms with Gasteiger partial charge >= 0.3 is 0 Å². The molecule has 1 N–H and O–H groups in total. The molecule has 0 saturated carbocycles. The predicted molar refractivity (Wildman–Crippen MR) is 92.3 cm³/mol. The highest BCUT2D eigenvalue weighted by Gasteiger charge is 2.07. The number of aromatic nitrogens is 2. The molecule has 0 radical (unpaired) electrons. The van der Waals surface area contributed by atoms with Crippen molar-refractivity contribution in [1.82, 2.24) is 9.97 Å². The van der Waals surface area contributed by atoms with Crippen molar-refractivity contribution in [2.75, 3.05) is 0 Å². The van der Waals surface area contributed by atoms with Gasteiger partial charge in [-0.2, -0.15) is 0 Å². The minimum absolute atomic E-state index is 0.191. The van der Waals surface area contributed by atoms with Crippen LogP contribution in [0.3, 0.4) is 0 Å². The molecule has 3 nitrogen and oxygen atoms in total. The van der Waals surface area contributed by atoms with E-state index in [2.05, 4.69) is 9.97 Å². The minimum Gasteiger partial charge on any atom is -0.489 e. The molecule has 4 heteroatoms. The van der Waals surface area contributed by atoms with Crippen LogP contribution < -0.4 is 4.74 Å². The predicted octanol–water partition coefficient (Wildman–Crippen LogP) is 4.95. The lowest BCUT2D eigenvalue weighted by atomic mass is 10.2. The fraction of sp³-hybridized carbons (Fsp3) is 0.0500. The average molecular weight is 318 g/mol.